The minimum Gasteiger partial charge on any atom is -0.497 e. The maximum atomic E-state index is 11.6. The summed E-state index contributed by atoms with van der Waals surface area (Å²) in [6.45, 7) is 2.08. The van der Waals surface area contributed by atoms with Crippen LogP contribution in [0.3, 0.4) is 0 Å². The number of carbonyl (C=O) groups excluding carboxylic acids is 1. The Hall–Kier alpha value is -1.57. The van der Waals surface area contributed by atoms with Gasteiger partial charge in [-0.3, -0.25) is 4.79 Å². The number of allylic oxidation sites excluding steroid dienone is 2. The molecule has 0 aliphatic heterocycles. The van der Waals surface area contributed by atoms with Crippen LogP contribution in [0.4, 0.5) is 0 Å². The largest absolute Gasteiger partial charge is 0.497 e. The van der Waals surface area contributed by atoms with Crippen LogP contribution in [0.5, 0.6) is 5.75 Å². The van der Waals surface area contributed by atoms with Crippen LogP contribution in [0.15, 0.2) is 36.4 Å². The number of unbranched alkanes of at least 4 members (excludes halogenated alkanes) is 1. The van der Waals surface area contributed by atoms with Gasteiger partial charge in [0.25, 0.3) is 0 Å². The van der Waals surface area contributed by atoms with Crippen molar-refractivity contribution >= 4 is 5.78 Å². The van der Waals surface area contributed by atoms with Crippen molar-refractivity contribution in [3.8, 4) is 5.75 Å². The van der Waals surface area contributed by atoms with Gasteiger partial charge in [0, 0.05) is 5.56 Å². The van der Waals surface area contributed by atoms with Gasteiger partial charge < -0.3 is 4.74 Å². The predicted octanol–water partition coefficient (Wildman–Crippen LogP) is 3.23. The zero-order chi connectivity index (χ0) is 11.1. The number of ether oxygens (including phenoxy) is 1. The maximum Gasteiger partial charge on any atom is 0.185 e. The standard InChI is InChI=1S/C13H16O2/c1-3-4-5-9-13(14)11-7-6-8-12(10-11)15-2/h5-10H,3-4H2,1-2H3/b9-5+. The number of methoxy groups -OCH3 is 1. The van der Waals surface area contributed by atoms with E-state index in [0.29, 0.717) is 11.3 Å². The van der Waals surface area contributed by atoms with Crippen LogP contribution in [0, 0.1) is 0 Å². The van der Waals surface area contributed by atoms with Crippen molar-refractivity contribution in [2.45, 2.75) is 19.8 Å². The average molecular weight is 204 g/mol. The molecule has 0 atom stereocenters. The first kappa shape index (κ1) is 11.5. The van der Waals surface area contributed by atoms with Gasteiger partial charge in [0.15, 0.2) is 5.78 Å². The second-order valence-electron chi connectivity index (χ2n) is 3.29. The van der Waals surface area contributed by atoms with Crippen molar-refractivity contribution < 1.29 is 9.53 Å². The zero-order valence-corrected chi connectivity index (χ0v) is 9.19. The molecule has 0 fully saturated rings. The Labute approximate surface area is 90.6 Å². The summed E-state index contributed by atoms with van der Waals surface area (Å²) < 4.78 is 5.05. The highest BCUT2D eigenvalue weighted by Gasteiger charge is 2.01. The molecule has 2 nitrogen and oxygen atoms in total. The fraction of sp³-hybridized carbons (Fsp3) is 0.308. The van der Waals surface area contributed by atoms with Crippen LogP contribution in [0.2, 0.25) is 0 Å². The molecule has 0 aromatic heterocycles. The topological polar surface area (TPSA) is 26.3 Å². The van der Waals surface area contributed by atoms with Gasteiger partial charge in [0.05, 0.1) is 7.11 Å². The lowest BCUT2D eigenvalue weighted by Gasteiger charge is -2.00. The van der Waals surface area contributed by atoms with E-state index in [9.17, 15) is 4.79 Å². The quantitative estimate of drug-likeness (QED) is 0.543. The summed E-state index contributed by atoms with van der Waals surface area (Å²) in [5.74, 6) is 0.743. The third-order valence-electron chi connectivity index (χ3n) is 2.08. The smallest absolute Gasteiger partial charge is 0.185 e. The molecule has 0 aliphatic rings. The van der Waals surface area contributed by atoms with Gasteiger partial charge in [-0.15, -0.1) is 0 Å². The van der Waals surface area contributed by atoms with E-state index < -0.39 is 0 Å². The van der Waals surface area contributed by atoms with E-state index in [0.717, 1.165) is 12.8 Å². The lowest BCUT2D eigenvalue weighted by molar-refractivity contribution is 0.104. The van der Waals surface area contributed by atoms with E-state index in [2.05, 4.69) is 6.92 Å². The van der Waals surface area contributed by atoms with Gasteiger partial charge in [-0.05, 0) is 24.6 Å². The summed E-state index contributed by atoms with van der Waals surface area (Å²) in [7, 11) is 1.59. The molecule has 0 unspecified atom stereocenters. The molecule has 0 saturated carbocycles. The Kier molecular flexibility index (Phi) is 4.61. The minimum absolute atomic E-state index is 0.0300. The molecule has 0 amide bonds. The first-order chi connectivity index (χ1) is 7.27. The van der Waals surface area contributed by atoms with E-state index in [-0.39, 0.29) is 5.78 Å². The Balaban J connectivity index is 2.73. The van der Waals surface area contributed by atoms with Crippen molar-refractivity contribution in [3.63, 3.8) is 0 Å². The van der Waals surface area contributed by atoms with Crippen molar-refractivity contribution in [3.05, 3.63) is 42.0 Å². The fourth-order valence-corrected chi connectivity index (χ4v) is 1.23. The Morgan fingerprint density at radius 2 is 2.27 bits per heavy atom. The second-order valence-corrected chi connectivity index (χ2v) is 3.29. The van der Waals surface area contributed by atoms with E-state index in [1.54, 1.807) is 25.3 Å². The van der Waals surface area contributed by atoms with E-state index >= 15 is 0 Å². The van der Waals surface area contributed by atoms with E-state index in [1.165, 1.54) is 0 Å². The van der Waals surface area contributed by atoms with Crippen molar-refractivity contribution in [1.29, 1.82) is 0 Å². The molecule has 0 spiro atoms. The first-order valence-electron chi connectivity index (χ1n) is 5.13. The van der Waals surface area contributed by atoms with Crippen LogP contribution in [-0.2, 0) is 0 Å². The summed E-state index contributed by atoms with van der Waals surface area (Å²) in [6, 6.07) is 7.19. The van der Waals surface area contributed by atoms with Gasteiger partial charge in [0.2, 0.25) is 0 Å². The van der Waals surface area contributed by atoms with Crippen LogP contribution >= 0.6 is 0 Å². The highest BCUT2D eigenvalue weighted by atomic mass is 16.5. The predicted molar refractivity (Wildman–Crippen MR) is 61.4 cm³/mol. The van der Waals surface area contributed by atoms with E-state index in [1.807, 2.05) is 18.2 Å². The van der Waals surface area contributed by atoms with E-state index in [4.69, 9.17) is 4.74 Å². The molecule has 0 heterocycles. The van der Waals surface area contributed by atoms with Gasteiger partial charge in [-0.25, -0.2) is 0 Å². The number of hydrogen-bond acceptors (Lipinski definition) is 2. The second kappa shape index (κ2) is 6.02. The molecule has 2 heteroatoms. The van der Waals surface area contributed by atoms with Gasteiger partial charge in [-0.2, -0.15) is 0 Å². The van der Waals surface area contributed by atoms with Crippen molar-refractivity contribution in [1.82, 2.24) is 0 Å². The lowest BCUT2D eigenvalue weighted by atomic mass is 10.1. The number of ketones is 1. The highest BCUT2D eigenvalue weighted by molar-refractivity contribution is 6.04. The normalized spacial score (nSPS) is 10.5. The molecule has 1 aromatic carbocycles. The molecular weight excluding hydrogens is 188 g/mol. The zero-order valence-electron chi connectivity index (χ0n) is 9.19. The average Bonchev–Trinajstić information content (AvgIpc) is 2.29. The molecular formula is C13H16O2. The molecule has 0 N–H and O–H groups in total. The van der Waals surface area contributed by atoms with Crippen LogP contribution < -0.4 is 4.74 Å². The minimum atomic E-state index is 0.0300. The number of benzene rings is 1. The summed E-state index contributed by atoms with van der Waals surface area (Å²) in [5.41, 5.74) is 0.668. The molecule has 0 aliphatic carbocycles. The van der Waals surface area contributed by atoms with Gasteiger partial charge >= 0.3 is 0 Å². The third kappa shape index (κ3) is 3.58. The summed E-state index contributed by atoms with van der Waals surface area (Å²) in [6.07, 6.45) is 5.53. The highest BCUT2D eigenvalue weighted by Crippen LogP contribution is 2.13. The number of carbonyl (C=O) groups is 1. The Morgan fingerprint density at radius 3 is 2.93 bits per heavy atom. The maximum absolute atomic E-state index is 11.6. The Bertz CT molecular complexity index is 353. The number of hydrogen-bond donors (Lipinski definition) is 0. The van der Waals surface area contributed by atoms with Crippen LogP contribution in [0.1, 0.15) is 30.1 Å². The Morgan fingerprint density at radius 1 is 1.47 bits per heavy atom. The first-order valence-corrected chi connectivity index (χ1v) is 5.13. The SMILES string of the molecule is CCC/C=C/C(=O)c1cccc(OC)c1. The lowest BCUT2D eigenvalue weighted by Crippen LogP contribution is -1.94. The summed E-state index contributed by atoms with van der Waals surface area (Å²) >= 11 is 0. The molecule has 0 bridgehead atoms. The molecule has 15 heavy (non-hydrogen) atoms. The van der Waals surface area contributed by atoms with Gasteiger partial charge in [0.1, 0.15) is 5.75 Å². The van der Waals surface area contributed by atoms with Crippen LogP contribution in [0.25, 0.3) is 0 Å². The molecule has 1 rings (SSSR count). The molecule has 0 radical (unpaired) electrons. The molecule has 80 valence electrons. The van der Waals surface area contributed by atoms with Crippen molar-refractivity contribution in [2.24, 2.45) is 0 Å². The third-order valence-corrected chi connectivity index (χ3v) is 2.08. The number of rotatable bonds is 5. The summed E-state index contributed by atoms with van der Waals surface area (Å²) in [5, 5.41) is 0. The van der Waals surface area contributed by atoms with Crippen LogP contribution in [-0.4, -0.2) is 12.9 Å². The molecule has 0 saturated heterocycles. The fourth-order valence-electron chi connectivity index (χ4n) is 1.23. The monoisotopic (exact) mass is 204 g/mol. The van der Waals surface area contributed by atoms with Gasteiger partial charge in [-0.1, -0.05) is 31.6 Å². The van der Waals surface area contributed by atoms with Crippen molar-refractivity contribution in [2.75, 3.05) is 7.11 Å². The molecule has 1 aromatic rings. The summed E-state index contributed by atoms with van der Waals surface area (Å²) in [4.78, 5) is 11.6.